The van der Waals surface area contributed by atoms with Gasteiger partial charge < -0.3 is 9.47 Å². The first kappa shape index (κ1) is 16.5. The summed E-state index contributed by atoms with van der Waals surface area (Å²) in [6.07, 6.45) is 0. The topological polar surface area (TPSA) is 59.9 Å². The van der Waals surface area contributed by atoms with Crippen molar-refractivity contribution in [3.05, 3.63) is 59.2 Å². The molecule has 0 atom stereocenters. The predicted octanol–water partition coefficient (Wildman–Crippen LogP) is 3.17. The molecule has 0 radical (unpaired) electrons. The van der Waals surface area contributed by atoms with Gasteiger partial charge in [-0.1, -0.05) is 17.7 Å². The molecule has 0 bridgehead atoms. The Labute approximate surface area is 135 Å². The zero-order valence-corrected chi connectivity index (χ0v) is 13.7. The van der Waals surface area contributed by atoms with Crippen LogP contribution in [0.1, 0.15) is 28.4 Å². The Morgan fingerprint density at radius 2 is 1.74 bits per heavy atom. The number of carbonyl (C=O) groups excluding carboxylic acids is 1. The summed E-state index contributed by atoms with van der Waals surface area (Å²) in [6.45, 7) is 3.78. The van der Waals surface area contributed by atoms with E-state index in [1.54, 1.807) is 39.3 Å². The van der Waals surface area contributed by atoms with E-state index in [1.807, 2.05) is 31.2 Å². The number of rotatable bonds is 5. The van der Waals surface area contributed by atoms with E-state index in [-0.39, 0.29) is 5.91 Å². The molecule has 0 fully saturated rings. The van der Waals surface area contributed by atoms with Gasteiger partial charge in [-0.15, -0.1) is 0 Å². The van der Waals surface area contributed by atoms with Crippen LogP contribution in [0.25, 0.3) is 0 Å². The number of hydrazone groups is 1. The molecular formula is C18H20N2O3. The summed E-state index contributed by atoms with van der Waals surface area (Å²) in [5, 5.41) is 4.15. The number of aryl methyl sites for hydroxylation is 1. The first-order valence-corrected chi connectivity index (χ1v) is 7.19. The van der Waals surface area contributed by atoms with Crippen LogP contribution >= 0.6 is 0 Å². The van der Waals surface area contributed by atoms with Crippen molar-refractivity contribution >= 4 is 11.6 Å². The van der Waals surface area contributed by atoms with Crippen molar-refractivity contribution in [2.75, 3.05) is 14.2 Å². The maximum absolute atomic E-state index is 12.1. The molecule has 0 spiro atoms. The molecule has 2 aromatic rings. The smallest absolute Gasteiger partial charge is 0.271 e. The number of ether oxygens (including phenoxy) is 2. The molecule has 120 valence electrons. The highest BCUT2D eigenvalue weighted by atomic mass is 16.5. The Morgan fingerprint density at radius 3 is 2.35 bits per heavy atom. The lowest BCUT2D eigenvalue weighted by molar-refractivity contribution is 0.0955. The summed E-state index contributed by atoms with van der Waals surface area (Å²) in [5.41, 5.74) is 5.66. The Bertz CT molecular complexity index is 722. The highest BCUT2D eigenvalue weighted by Crippen LogP contribution is 2.25. The molecule has 23 heavy (non-hydrogen) atoms. The normalized spacial score (nSPS) is 11.0. The number of amides is 1. The highest BCUT2D eigenvalue weighted by molar-refractivity contribution is 6.02. The van der Waals surface area contributed by atoms with Crippen molar-refractivity contribution in [3.8, 4) is 11.5 Å². The number of benzene rings is 2. The predicted molar refractivity (Wildman–Crippen MR) is 90.4 cm³/mol. The van der Waals surface area contributed by atoms with Crippen molar-refractivity contribution < 1.29 is 14.3 Å². The quantitative estimate of drug-likeness (QED) is 0.681. The molecule has 0 aromatic heterocycles. The molecule has 1 amide bonds. The van der Waals surface area contributed by atoms with Gasteiger partial charge in [0.25, 0.3) is 5.91 Å². The summed E-state index contributed by atoms with van der Waals surface area (Å²) in [5.74, 6) is 1.08. The second-order valence-corrected chi connectivity index (χ2v) is 5.07. The minimum Gasteiger partial charge on any atom is -0.497 e. The van der Waals surface area contributed by atoms with Gasteiger partial charge in [0.05, 0.1) is 19.9 Å². The highest BCUT2D eigenvalue weighted by Gasteiger charge is 2.09. The van der Waals surface area contributed by atoms with Crippen LogP contribution in [-0.4, -0.2) is 25.8 Å². The van der Waals surface area contributed by atoms with Crippen LogP contribution in [0, 0.1) is 6.92 Å². The van der Waals surface area contributed by atoms with Gasteiger partial charge in [-0.25, -0.2) is 5.43 Å². The number of hydrogen-bond donors (Lipinski definition) is 1. The molecule has 5 heteroatoms. The van der Waals surface area contributed by atoms with Gasteiger partial charge in [-0.2, -0.15) is 5.10 Å². The minimum absolute atomic E-state index is 0.253. The summed E-state index contributed by atoms with van der Waals surface area (Å²) < 4.78 is 10.5. The molecule has 0 saturated heterocycles. The van der Waals surface area contributed by atoms with E-state index in [9.17, 15) is 4.79 Å². The van der Waals surface area contributed by atoms with Gasteiger partial charge in [-0.05, 0) is 38.1 Å². The Balaban J connectivity index is 2.16. The van der Waals surface area contributed by atoms with E-state index in [2.05, 4.69) is 10.5 Å². The zero-order valence-electron chi connectivity index (χ0n) is 13.7. The fraction of sp³-hybridized carbons (Fsp3) is 0.222. The third kappa shape index (κ3) is 4.10. The average molecular weight is 312 g/mol. The molecule has 5 nitrogen and oxygen atoms in total. The number of nitrogens with one attached hydrogen (secondary N) is 1. The molecule has 0 saturated carbocycles. The number of nitrogens with zero attached hydrogens (tertiary/aromatic N) is 1. The summed E-state index contributed by atoms with van der Waals surface area (Å²) in [7, 11) is 3.17. The third-order valence-electron chi connectivity index (χ3n) is 3.44. The molecule has 0 aliphatic rings. The first-order valence-electron chi connectivity index (χ1n) is 7.19. The fourth-order valence-corrected chi connectivity index (χ4v) is 2.06. The van der Waals surface area contributed by atoms with Crippen LogP contribution in [0.15, 0.2) is 47.6 Å². The SMILES string of the molecule is COc1ccc(C(C)=NNC(=O)c2ccc(C)cc2)c(OC)c1. The molecule has 0 unspecified atom stereocenters. The van der Waals surface area contributed by atoms with Gasteiger partial charge >= 0.3 is 0 Å². The van der Waals surface area contributed by atoms with Crippen LogP contribution in [0.3, 0.4) is 0 Å². The monoisotopic (exact) mass is 312 g/mol. The van der Waals surface area contributed by atoms with E-state index >= 15 is 0 Å². The van der Waals surface area contributed by atoms with Gasteiger partial charge in [0.2, 0.25) is 0 Å². The number of hydrogen-bond acceptors (Lipinski definition) is 4. The minimum atomic E-state index is -0.253. The van der Waals surface area contributed by atoms with Crippen molar-refractivity contribution in [1.82, 2.24) is 5.43 Å². The molecule has 2 rings (SSSR count). The van der Waals surface area contributed by atoms with E-state index in [0.717, 1.165) is 11.1 Å². The van der Waals surface area contributed by atoms with E-state index < -0.39 is 0 Å². The summed E-state index contributed by atoms with van der Waals surface area (Å²) in [6, 6.07) is 12.7. The number of methoxy groups -OCH3 is 2. The maximum atomic E-state index is 12.1. The van der Waals surface area contributed by atoms with Crippen LogP contribution < -0.4 is 14.9 Å². The van der Waals surface area contributed by atoms with Gasteiger partial charge in [0.15, 0.2) is 0 Å². The summed E-state index contributed by atoms with van der Waals surface area (Å²) >= 11 is 0. The van der Waals surface area contributed by atoms with Crippen LogP contribution in [0.5, 0.6) is 11.5 Å². The lowest BCUT2D eigenvalue weighted by atomic mass is 10.1. The van der Waals surface area contributed by atoms with Crippen LogP contribution in [0.4, 0.5) is 0 Å². The molecular weight excluding hydrogens is 292 g/mol. The van der Waals surface area contributed by atoms with Crippen molar-refractivity contribution in [3.63, 3.8) is 0 Å². The van der Waals surface area contributed by atoms with Crippen LogP contribution in [-0.2, 0) is 0 Å². The van der Waals surface area contributed by atoms with E-state index in [1.165, 1.54) is 0 Å². The van der Waals surface area contributed by atoms with Gasteiger partial charge in [0.1, 0.15) is 11.5 Å². The second-order valence-electron chi connectivity index (χ2n) is 5.07. The lowest BCUT2D eigenvalue weighted by Crippen LogP contribution is -2.19. The van der Waals surface area contributed by atoms with Crippen LogP contribution in [0.2, 0.25) is 0 Å². The van der Waals surface area contributed by atoms with Crippen molar-refractivity contribution in [1.29, 1.82) is 0 Å². The third-order valence-corrected chi connectivity index (χ3v) is 3.44. The lowest BCUT2D eigenvalue weighted by Gasteiger charge is -2.10. The first-order chi connectivity index (χ1) is 11.0. The second kappa shape index (κ2) is 7.45. The van der Waals surface area contributed by atoms with E-state index in [4.69, 9.17) is 9.47 Å². The molecule has 2 aromatic carbocycles. The Morgan fingerprint density at radius 1 is 1.04 bits per heavy atom. The van der Waals surface area contributed by atoms with Gasteiger partial charge in [0, 0.05) is 17.2 Å². The Kier molecular flexibility index (Phi) is 5.36. The summed E-state index contributed by atoms with van der Waals surface area (Å²) in [4.78, 5) is 12.1. The number of carbonyl (C=O) groups is 1. The zero-order chi connectivity index (χ0) is 16.8. The van der Waals surface area contributed by atoms with Crippen molar-refractivity contribution in [2.45, 2.75) is 13.8 Å². The molecule has 0 heterocycles. The molecule has 1 N–H and O–H groups in total. The Hall–Kier alpha value is -2.82. The largest absolute Gasteiger partial charge is 0.497 e. The van der Waals surface area contributed by atoms with Crippen molar-refractivity contribution in [2.24, 2.45) is 5.10 Å². The van der Waals surface area contributed by atoms with Gasteiger partial charge in [-0.3, -0.25) is 4.79 Å². The standard InChI is InChI=1S/C18H20N2O3/c1-12-5-7-14(8-6-12)18(21)20-19-13(2)16-10-9-15(22-3)11-17(16)23-4/h5-11H,1-4H3,(H,20,21). The fourth-order valence-electron chi connectivity index (χ4n) is 2.06. The van der Waals surface area contributed by atoms with E-state index in [0.29, 0.717) is 22.8 Å². The average Bonchev–Trinajstić information content (AvgIpc) is 2.59. The maximum Gasteiger partial charge on any atom is 0.271 e. The molecule has 0 aliphatic heterocycles. The molecule has 0 aliphatic carbocycles.